The summed E-state index contributed by atoms with van der Waals surface area (Å²) in [5, 5.41) is 3.33. The molecule has 0 radical (unpaired) electrons. The van der Waals surface area contributed by atoms with E-state index < -0.39 is 10.0 Å². The minimum atomic E-state index is -3.45. The number of piperidine rings is 1. The summed E-state index contributed by atoms with van der Waals surface area (Å²) >= 11 is 6.05. The molecule has 1 heterocycles. The average molecular weight is 393 g/mol. The Hall–Kier alpha value is -1.89. The van der Waals surface area contributed by atoms with Crippen LogP contribution in [0.5, 0.6) is 0 Å². The lowest BCUT2D eigenvalue weighted by atomic mass is 9.94. The highest BCUT2D eigenvalue weighted by molar-refractivity contribution is 7.89. The van der Waals surface area contributed by atoms with Gasteiger partial charge in [0.15, 0.2) is 0 Å². The molecule has 1 amide bonds. The zero-order chi connectivity index (χ0) is 18.6. The average Bonchev–Trinajstić information content (AvgIpc) is 2.65. The SMILES string of the molecule is O=C(CC1CCN(S(=O)(=O)c2ccccc2)CC1)Nc1ccccc1Cl. The summed E-state index contributed by atoms with van der Waals surface area (Å²) in [6.07, 6.45) is 1.70. The molecule has 2 aromatic rings. The molecule has 0 aliphatic carbocycles. The van der Waals surface area contributed by atoms with Crippen molar-refractivity contribution in [1.82, 2.24) is 4.31 Å². The molecule has 5 nitrogen and oxygen atoms in total. The Labute approximate surface area is 159 Å². The van der Waals surface area contributed by atoms with Crippen molar-refractivity contribution in [2.45, 2.75) is 24.2 Å². The highest BCUT2D eigenvalue weighted by atomic mass is 35.5. The maximum atomic E-state index is 12.6. The van der Waals surface area contributed by atoms with Gasteiger partial charge in [-0.1, -0.05) is 41.9 Å². The quantitative estimate of drug-likeness (QED) is 0.842. The van der Waals surface area contributed by atoms with Crippen LogP contribution in [-0.2, 0) is 14.8 Å². The predicted molar refractivity (Wildman–Crippen MR) is 103 cm³/mol. The summed E-state index contributed by atoms with van der Waals surface area (Å²) in [6, 6.07) is 15.6. The zero-order valence-corrected chi connectivity index (χ0v) is 15.8. The molecule has 1 aliphatic heterocycles. The van der Waals surface area contributed by atoms with Gasteiger partial charge in [-0.15, -0.1) is 0 Å². The lowest BCUT2D eigenvalue weighted by Crippen LogP contribution is -2.39. The Kier molecular flexibility index (Phi) is 5.96. The highest BCUT2D eigenvalue weighted by Gasteiger charge is 2.30. The number of benzene rings is 2. The van der Waals surface area contributed by atoms with E-state index in [1.807, 2.05) is 6.07 Å². The molecule has 1 N–H and O–H groups in total. The molecule has 1 aliphatic rings. The fraction of sp³-hybridized carbons (Fsp3) is 0.316. The third-order valence-corrected chi connectivity index (χ3v) is 6.82. The number of hydrogen-bond donors (Lipinski definition) is 1. The van der Waals surface area contributed by atoms with Gasteiger partial charge in [-0.2, -0.15) is 4.31 Å². The topological polar surface area (TPSA) is 66.5 Å². The maximum absolute atomic E-state index is 12.6. The number of anilines is 1. The first kappa shape index (κ1) is 18.9. The number of nitrogens with one attached hydrogen (secondary N) is 1. The van der Waals surface area contributed by atoms with E-state index in [0.717, 1.165) is 0 Å². The minimum Gasteiger partial charge on any atom is -0.325 e. The number of sulfonamides is 1. The normalized spacial score (nSPS) is 16.3. The van der Waals surface area contributed by atoms with Gasteiger partial charge in [-0.05, 0) is 43.0 Å². The molecule has 0 saturated carbocycles. The van der Waals surface area contributed by atoms with Crippen molar-refractivity contribution >= 4 is 33.2 Å². The van der Waals surface area contributed by atoms with Gasteiger partial charge in [-0.25, -0.2) is 8.42 Å². The Morgan fingerprint density at radius 1 is 1.04 bits per heavy atom. The molecule has 0 atom stereocenters. The van der Waals surface area contributed by atoms with Crippen LogP contribution >= 0.6 is 11.6 Å². The van der Waals surface area contributed by atoms with Gasteiger partial charge in [0.05, 0.1) is 15.6 Å². The largest absolute Gasteiger partial charge is 0.325 e. The lowest BCUT2D eigenvalue weighted by molar-refractivity contribution is -0.117. The molecule has 1 fully saturated rings. The van der Waals surface area contributed by atoms with Crippen molar-refractivity contribution in [1.29, 1.82) is 0 Å². The van der Waals surface area contributed by atoms with Gasteiger partial charge in [-0.3, -0.25) is 4.79 Å². The van der Waals surface area contributed by atoms with Gasteiger partial charge < -0.3 is 5.32 Å². The molecule has 1 saturated heterocycles. The summed E-state index contributed by atoms with van der Waals surface area (Å²) in [7, 11) is -3.45. The van der Waals surface area contributed by atoms with Crippen molar-refractivity contribution in [2.75, 3.05) is 18.4 Å². The Balaban J connectivity index is 1.54. The third-order valence-electron chi connectivity index (χ3n) is 4.58. The van der Waals surface area contributed by atoms with Crippen LogP contribution < -0.4 is 5.32 Å². The molecule has 138 valence electrons. The van der Waals surface area contributed by atoms with Gasteiger partial charge in [0.2, 0.25) is 15.9 Å². The Morgan fingerprint density at radius 2 is 1.65 bits per heavy atom. The second-order valence-electron chi connectivity index (χ2n) is 6.39. The number of halogens is 1. The van der Waals surface area contributed by atoms with Crippen LogP contribution in [0.4, 0.5) is 5.69 Å². The van der Waals surface area contributed by atoms with Crippen molar-refractivity contribution in [2.24, 2.45) is 5.92 Å². The molecule has 0 unspecified atom stereocenters. The van der Waals surface area contributed by atoms with E-state index >= 15 is 0 Å². The molecule has 2 aromatic carbocycles. The third kappa shape index (κ3) is 4.44. The van der Waals surface area contributed by atoms with Crippen molar-refractivity contribution in [3.05, 3.63) is 59.6 Å². The molecule has 7 heteroatoms. The van der Waals surface area contributed by atoms with Crippen molar-refractivity contribution in [3.8, 4) is 0 Å². The van der Waals surface area contributed by atoms with Crippen molar-refractivity contribution in [3.63, 3.8) is 0 Å². The minimum absolute atomic E-state index is 0.0949. The zero-order valence-electron chi connectivity index (χ0n) is 14.3. The number of carbonyl (C=O) groups is 1. The first-order valence-electron chi connectivity index (χ1n) is 8.56. The first-order valence-corrected chi connectivity index (χ1v) is 10.4. The van der Waals surface area contributed by atoms with E-state index in [1.165, 1.54) is 4.31 Å². The lowest BCUT2D eigenvalue weighted by Gasteiger charge is -2.31. The number of para-hydroxylation sites is 1. The second-order valence-corrected chi connectivity index (χ2v) is 8.74. The summed E-state index contributed by atoms with van der Waals surface area (Å²) in [5.41, 5.74) is 0.600. The summed E-state index contributed by atoms with van der Waals surface area (Å²) in [5.74, 6) is 0.0715. The molecule has 0 aromatic heterocycles. The van der Waals surface area contributed by atoms with E-state index in [9.17, 15) is 13.2 Å². The Bertz CT molecular complexity index is 863. The number of amides is 1. The molecular formula is C19H21ClN2O3S. The van der Waals surface area contributed by atoms with Crippen LogP contribution in [0.15, 0.2) is 59.5 Å². The highest BCUT2D eigenvalue weighted by Crippen LogP contribution is 2.27. The second kappa shape index (κ2) is 8.20. The summed E-state index contributed by atoms with van der Waals surface area (Å²) < 4.78 is 26.8. The van der Waals surface area contributed by atoms with Crippen LogP contribution in [-0.4, -0.2) is 31.7 Å². The fourth-order valence-corrected chi connectivity index (χ4v) is 4.80. The van der Waals surface area contributed by atoms with E-state index in [4.69, 9.17) is 11.6 Å². The van der Waals surface area contributed by atoms with Gasteiger partial charge in [0.1, 0.15) is 0 Å². The number of hydrogen-bond acceptors (Lipinski definition) is 3. The fourth-order valence-electron chi connectivity index (χ4n) is 3.12. The predicted octanol–water partition coefficient (Wildman–Crippen LogP) is 3.77. The molecule has 0 bridgehead atoms. The van der Waals surface area contributed by atoms with Crippen molar-refractivity contribution < 1.29 is 13.2 Å². The smallest absolute Gasteiger partial charge is 0.243 e. The molecule has 26 heavy (non-hydrogen) atoms. The number of nitrogens with zero attached hydrogens (tertiary/aromatic N) is 1. The van der Waals surface area contributed by atoms with E-state index in [-0.39, 0.29) is 11.8 Å². The van der Waals surface area contributed by atoms with Crippen LogP contribution in [0, 0.1) is 5.92 Å². The Morgan fingerprint density at radius 3 is 2.31 bits per heavy atom. The summed E-state index contributed by atoms with van der Waals surface area (Å²) in [6.45, 7) is 0.864. The maximum Gasteiger partial charge on any atom is 0.243 e. The number of rotatable bonds is 5. The summed E-state index contributed by atoms with van der Waals surface area (Å²) in [4.78, 5) is 12.5. The van der Waals surface area contributed by atoms with E-state index in [1.54, 1.807) is 48.5 Å². The number of carbonyl (C=O) groups excluding carboxylic acids is 1. The van der Waals surface area contributed by atoms with Crippen LogP contribution in [0.2, 0.25) is 5.02 Å². The van der Waals surface area contributed by atoms with Crippen LogP contribution in [0.1, 0.15) is 19.3 Å². The van der Waals surface area contributed by atoms with Gasteiger partial charge in [0.25, 0.3) is 0 Å². The van der Waals surface area contributed by atoms with Crippen LogP contribution in [0.3, 0.4) is 0 Å². The molecular weight excluding hydrogens is 372 g/mol. The van der Waals surface area contributed by atoms with Gasteiger partial charge >= 0.3 is 0 Å². The van der Waals surface area contributed by atoms with Crippen LogP contribution in [0.25, 0.3) is 0 Å². The van der Waals surface area contributed by atoms with E-state index in [2.05, 4.69) is 5.32 Å². The van der Waals surface area contributed by atoms with E-state index in [0.29, 0.717) is 48.0 Å². The molecule has 0 spiro atoms. The first-order chi connectivity index (χ1) is 12.5. The van der Waals surface area contributed by atoms with Gasteiger partial charge in [0, 0.05) is 19.5 Å². The molecule has 3 rings (SSSR count). The standard InChI is InChI=1S/C19H21ClN2O3S/c20-17-8-4-5-9-18(17)21-19(23)14-15-10-12-22(13-11-15)26(24,25)16-6-2-1-3-7-16/h1-9,15H,10-14H2,(H,21,23). The monoisotopic (exact) mass is 392 g/mol.